The van der Waals surface area contributed by atoms with Gasteiger partial charge >= 0.3 is 0 Å². The molecule has 0 aliphatic carbocycles. The highest BCUT2D eigenvalue weighted by Crippen LogP contribution is 2.07. The van der Waals surface area contributed by atoms with Crippen molar-refractivity contribution in [3.05, 3.63) is 73.8 Å². The molecule has 0 saturated heterocycles. The third kappa shape index (κ3) is 5.84. The second-order valence-electron chi connectivity index (χ2n) is 2.46. The van der Waals surface area contributed by atoms with Gasteiger partial charge in [0.1, 0.15) is 11.5 Å². The van der Waals surface area contributed by atoms with E-state index in [0.29, 0.717) is 11.5 Å². The second-order valence-corrected chi connectivity index (χ2v) is 2.46. The summed E-state index contributed by atoms with van der Waals surface area (Å²) >= 11 is 0. The van der Waals surface area contributed by atoms with Gasteiger partial charge in [0.2, 0.25) is 0 Å². The lowest BCUT2D eigenvalue weighted by atomic mass is 10.4. The Labute approximate surface area is 86.1 Å². The Morgan fingerprint density at radius 3 is 2.43 bits per heavy atom. The molecule has 0 amide bonds. The average Bonchev–Trinajstić information content (AvgIpc) is 2.21. The van der Waals surface area contributed by atoms with E-state index in [1.807, 2.05) is 25.2 Å². The molecular weight excluding hydrogens is 172 g/mol. The second kappa shape index (κ2) is 7.87. The standard InChI is InChI=1S/C13H16O/c1-5-8-10-12(4)14-13(7-3)11-9-6-2/h5-11H,1,3-4H2,2H3/b9-6-,10-8-,13-11+. The summed E-state index contributed by atoms with van der Waals surface area (Å²) in [6.45, 7) is 12.8. The predicted molar refractivity (Wildman–Crippen MR) is 62.7 cm³/mol. The zero-order valence-electron chi connectivity index (χ0n) is 8.57. The first-order valence-electron chi connectivity index (χ1n) is 4.36. The summed E-state index contributed by atoms with van der Waals surface area (Å²) in [5.74, 6) is 1.22. The molecule has 0 N–H and O–H groups in total. The summed E-state index contributed by atoms with van der Waals surface area (Å²) in [5, 5.41) is 0. The highest BCUT2D eigenvalue weighted by Gasteiger charge is 1.91. The van der Waals surface area contributed by atoms with E-state index in [2.05, 4.69) is 19.7 Å². The number of ether oxygens (including phenoxy) is 1. The smallest absolute Gasteiger partial charge is 0.126 e. The van der Waals surface area contributed by atoms with Gasteiger partial charge in [-0.3, -0.25) is 0 Å². The van der Waals surface area contributed by atoms with Gasteiger partial charge in [-0.2, -0.15) is 0 Å². The van der Waals surface area contributed by atoms with Crippen LogP contribution in [0.25, 0.3) is 0 Å². The Bertz CT molecular complexity index is 290. The molecular formula is C13H16O. The molecule has 0 bridgehead atoms. The van der Waals surface area contributed by atoms with E-state index in [4.69, 9.17) is 4.74 Å². The van der Waals surface area contributed by atoms with Crippen LogP contribution in [0.15, 0.2) is 73.8 Å². The topological polar surface area (TPSA) is 9.23 Å². The average molecular weight is 188 g/mol. The monoisotopic (exact) mass is 188 g/mol. The van der Waals surface area contributed by atoms with Gasteiger partial charge in [0.15, 0.2) is 0 Å². The van der Waals surface area contributed by atoms with Crippen LogP contribution >= 0.6 is 0 Å². The van der Waals surface area contributed by atoms with Gasteiger partial charge in [0, 0.05) is 0 Å². The Hall–Kier alpha value is -1.76. The van der Waals surface area contributed by atoms with E-state index in [-0.39, 0.29) is 0 Å². The minimum atomic E-state index is 0.556. The molecule has 0 atom stereocenters. The van der Waals surface area contributed by atoms with E-state index in [1.165, 1.54) is 0 Å². The van der Waals surface area contributed by atoms with E-state index in [1.54, 1.807) is 24.3 Å². The first-order chi connectivity index (χ1) is 6.74. The van der Waals surface area contributed by atoms with Crippen molar-refractivity contribution < 1.29 is 4.74 Å². The molecule has 1 nitrogen and oxygen atoms in total. The van der Waals surface area contributed by atoms with E-state index < -0.39 is 0 Å². The molecule has 0 aliphatic rings. The van der Waals surface area contributed by atoms with Gasteiger partial charge in [0.05, 0.1) is 0 Å². The zero-order chi connectivity index (χ0) is 10.8. The molecule has 0 saturated carbocycles. The Morgan fingerprint density at radius 2 is 1.93 bits per heavy atom. The van der Waals surface area contributed by atoms with Crippen LogP contribution in [-0.2, 0) is 4.74 Å². The maximum Gasteiger partial charge on any atom is 0.126 e. The molecule has 0 aromatic rings. The minimum Gasteiger partial charge on any atom is -0.458 e. The summed E-state index contributed by atoms with van der Waals surface area (Å²) in [7, 11) is 0. The van der Waals surface area contributed by atoms with Crippen molar-refractivity contribution in [2.24, 2.45) is 0 Å². The van der Waals surface area contributed by atoms with Gasteiger partial charge in [-0.05, 0) is 25.2 Å². The Balaban J connectivity index is 4.32. The van der Waals surface area contributed by atoms with Gasteiger partial charge in [-0.25, -0.2) is 0 Å². The summed E-state index contributed by atoms with van der Waals surface area (Å²) in [6.07, 6.45) is 12.4. The van der Waals surface area contributed by atoms with Crippen molar-refractivity contribution in [1.82, 2.24) is 0 Å². The number of rotatable bonds is 6. The normalized spacial score (nSPS) is 11.9. The van der Waals surface area contributed by atoms with Crippen molar-refractivity contribution >= 4 is 0 Å². The molecule has 0 aromatic carbocycles. The van der Waals surface area contributed by atoms with Crippen molar-refractivity contribution in [3.8, 4) is 0 Å². The lowest BCUT2D eigenvalue weighted by Crippen LogP contribution is -1.85. The van der Waals surface area contributed by atoms with Gasteiger partial charge in [0.25, 0.3) is 0 Å². The van der Waals surface area contributed by atoms with Gasteiger partial charge in [-0.15, -0.1) is 0 Å². The molecule has 74 valence electrons. The maximum atomic E-state index is 5.37. The third-order valence-corrected chi connectivity index (χ3v) is 1.32. The maximum absolute atomic E-state index is 5.37. The molecule has 0 fully saturated rings. The lowest BCUT2D eigenvalue weighted by molar-refractivity contribution is 0.338. The van der Waals surface area contributed by atoms with Crippen LogP contribution < -0.4 is 0 Å². The van der Waals surface area contributed by atoms with Crippen LogP contribution in [0.4, 0.5) is 0 Å². The van der Waals surface area contributed by atoms with Crippen LogP contribution in [0.1, 0.15) is 6.92 Å². The molecule has 0 spiro atoms. The fourth-order valence-corrected chi connectivity index (χ4v) is 0.696. The zero-order valence-corrected chi connectivity index (χ0v) is 8.57. The number of hydrogen-bond donors (Lipinski definition) is 0. The van der Waals surface area contributed by atoms with Crippen molar-refractivity contribution in [2.45, 2.75) is 6.92 Å². The van der Waals surface area contributed by atoms with Crippen LogP contribution in [0.3, 0.4) is 0 Å². The largest absolute Gasteiger partial charge is 0.458 e. The van der Waals surface area contributed by atoms with Crippen LogP contribution in [0.2, 0.25) is 0 Å². The summed E-state index contributed by atoms with van der Waals surface area (Å²) in [6, 6.07) is 0. The quantitative estimate of drug-likeness (QED) is 0.453. The highest BCUT2D eigenvalue weighted by atomic mass is 16.5. The molecule has 0 aliphatic heterocycles. The summed E-state index contributed by atoms with van der Waals surface area (Å²) in [5.41, 5.74) is 0. The van der Waals surface area contributed by atoms with E-state index >= 15 is 0 Å². The van der Waals surface area contributed by atoms with E-state index in [0.717, 1.165) is 0 Å². The summed E-state index contributed by atoms with van der Waals surface area (Å²) < 4.78 is 5.37. The summed E-state index contributed by atoms with van der Waals surface area (Å²) in [4.78, 5) is 0. The molecule has 14 heavy (non-hydrogen) atoms. The van der Waals surface area contributed by atoms with Crippen molar-refractivity contribution in [2.75, 3.05) is 0 Å². The van der Waals surface area contributed by atoms with Crippen LogP contribution in [0, 0.1) is 0 Å². The fourth-order valence-electron chi connectivity index (χ4n) is 0.696. The predicted octanol–water partition coefficient (Wildman–Crippen LogP) is 3.90. The molecule has 1 heteroatoms. The van der Waals surface area contributed by atoms with Crippen LogP contribution in [-0.4, -0.2) is 0 Å². The van der Waals surface area contributed by atoms with E-state index in [9.17, 15) is 0 Å². The number of hydrogen-bond acceptors (Lipinski definition) is 1. The van der Waals surface area contributed by atoms with Gasteiger partial charge in [-0.1, -0.05) is 44.0 Å². The molecule has 0 unspecified atom stereocenters. The highest BCUT2D eigenvalue weighted by molar-refractivity contribution is 5.21. The number of allylic oxidation sites excluding steroid dienone is 7. The minimum absolute atomic E-state index is 0.556. The SMILES string of the molecule is C=C/C=C\C(=C)O/C(C=C)=C/C=C\C. The van der Waals surface area contributed by atoms with Gasteiger partial charge < -0.3 is 4.74 Å². The first-order valence-corrected chi connectivity index (χ1v) is 4.36. The van der Waals surface area contributed by atoms with Crippen LogP contribution in [0.5, 0.6) is 0 Å². The molecule has 0 heterocycles. The van der Waals surface area contributed by atoms with Crippen molar-refractivity contribution in [3.63, 3.8) is 0 Å². The lowest BCUT2D eigenvalue weighted by Gasteiger charge is -2.04. The molecule has 0 rings (SSSR count). The molecule has 0 aromatic heterocycles. The molecule has 0 radical (unpaired) electrons. The van der Waals surface area contributed by atoms with Crippen molar-refractivity contribution in [1.29, 1.82) is 0 Å². The first kappa shape index (κ1) is 12.2. The third-order valence-electron chi connectivity index (χ3n) is 1.32. The Kier molecular flexibility index (Phi) is 6.88. The fraction of sp³-hybridized carbons (Fsp3) is 0.0769. The Morgan fingerprint density at radius 1 is 1.21 bits per heavy atom.